The summed E-state index contributed by atoms with van der Waals surface area (Å²) in [6.45, 7) is 4.33. The van der Waals surface area contributed by atoms with E-state index in [1.807, 2.05) is 52.2 Å². The first-order chi connectivity index (χ1) is 11.9. The van der Waals surface area contributed by atoms with Gasteiger partial charge in [0.05, 0.1) is 18.8 Å². The fraction of sp³-hybridized carbons (Fsp3) is 0.474. The maximum Gasteiger partial charge on any atom is 0.220 e. The molecule has 0 spiro atoms. The first-order valence-electron chi connectivity index (χ1n) is 8.41. The van der Waals surface area contributed by atoms with Crippen LogP contribution in [0.25, 0.3) is 0 Å². The fourth-order valence-electron chi connectivity index (χ4n) is 2.82. The lowest BCUT2D eigenvalue weighted by Crippen LogP contribution is -2.34. The number of nitrogens with one attached hydrogen (secondary N) is 1. The Bertz CT molecular complexity index is 673. The molecule has 2 rings (SSSR count). The zero-order valence-corrected chi connectivity index (χ0v) is 15.6. The van der Waals surface area contributed by atoms with E-state index in [9.17, 15) is 4.79 Å². The Morgan fingerprint density at radius 3 is 2.48 bits per heavy atom. The Hall–Kier alpha value is -2.34. The number of carbonyl (C=O) groups is 1. The van der Waals surface area contributed by atoms with Crippen LogP contribution in [0.3, 0.4) is 0 Å². The number of ether oxygens (including phenoxy) is 1. The van der Waals surface area contributed by atoms with E-state index in [0.717, 1.165) is 28.3 Å². The fourth-order valence-corrected chi connectivity index (χ4v) is 2.82. The molecule has 136 valence electrons. The maximum atomic E-state index is 12.2. The number of aromatic nitrogens is 1. The second-order valence-corrected chi connectivity index (χ2v) is 6.36. The third kappa shape index (κ3) is 5.06. The lowest BCUT2D eigenvalue weighted by molar-refractivity contribution is -0.121. The summed E-state index contributed by atoms with van der Waals surface area (Å²) < 4.78 is 10.3. The third-order valence-corrected chi connectivity index (χ3v) is 4.40. The predicted molar refractivity (Wildman–Crippen MR) is 96.7 cm³/mol. The van der Waals surface area contributed by atoms with Crippen LogP contribution in [-0.2, 0) is 11.2 Å². The zero-order chi connectivity index (χ0) is 18.4. The maximum absolute atomic E-state index is 12.2. The lowest BCUT2D eigenvalue weighted by Gasteiger charge is -2.25. The molecule has 0 saturated carbocycles. The summed E-state index contributed by atoms with van der Waals surface area (Å²) in [4.78, 5) is 14.3. The van der Waals surface area contributed by atoms with E-state index in [0.29, 0.717) is 19.4 Å². The van der Waals surface area contributed by atoms with Gasteiger partial charge < -0.3 is 19.5 Å². The molecule has 0 bridgehead atoms. The molecule has 0 radical (unpaired) electrons. The van der Waals surface area contributed by atoms with Gasteiger partial charge in [0.2, 0.25) is 5.91 Å². The predicted octanol–water partition coefficient (Wildman–Crippen LogP) is 2.65. The molecule has 0 aliphatic heterocycles. The molecule has 6 heteroatoms. The van der Waals surface area contributed by atoms with Crippen LogP contribution in [0.15, 0.2) is 28.8 Å². The summed E-state index contributed by atoms with van der Waals surface area (Å²) in [7, 11) is 5.66. The Balaban J connectivity index is 1.90. The number of hydrogen-bond acceptors (Lipinski definition) is 5. The summed E-state index contributed by atoms with van der Waals surface area (Å²) in [6.07, 6.45) is 1.06. The van der Waals surface area contributed by atoms with Gasteiger partial charge in [0, 0.05) is 18.5 Å². The standard InChI is InChI=1S/C19H27N3O3/c1-13-17(14(2)25-21-13)10-11-19(23)20-12-18(22(3)4)15-6-8-16(24-5)9-7-15/h6-9,18H,10-12H2,1-5H3,(H,20,23)/t18-/m1/s1. The van der Waals surface area contributed by atoms with Crippen LogP contribution in [0.5, 0.6) is 5.75 Å². The van der Waals surface area contributed by atoms with E-state index in [2.05, 4.69) is 15.4 Å². The van der Waals surface area contributed by atoms with Gasteiger partial charge in [-0.3, -0.25) is 4.79 Å². The molecule has 0 aliphatic carbocycles. The number of nitrogens with zero attached hydrogens (tertiary/aromatic N) is 2. The highest BCUT2D eigenvalue weighted by Crippen LogP contribution is 2.21. The van der Waals surface area contributed by atoms with Gasteiger partial charge in [-0.1, -0.05) is 17.3 Å². The summed E-state index contributed by atoms with van der Waals surface area (Å²) >= 11 is 0. The molecule has 1 aromatic heterocycles. The van der Waals surface area contributed by atoms with Gasteiger partial charge in [0.15, 0.2) is 0 Å². The monoisotopic (exact) mass is 345 g/mol. The van der Waals surface area contributed by atoms with Crippen LogP contribution >= 0.6 is 0 Å². The Labute approximate surface area is 149 Å². The summed E-state index contributed by atoms with van der Waals surface area (Å²) in [5.41, 5.74) is 3.01. The van der Waals surface area contributed by atoms with E-state index in [-0.39, 0.29) is 11.9 Å². The molecule has 6 nitrogen and oxygen atoms in total. The number of amides is 1. The number of aryl methyl sites for hydroxylation is 2. The van der Waals surface area contributed by atoms with Gasteiger partial charge in [0.25, 0.3) is 0 Å². The zero-order valence-electron chi connectivity index (χ0n) is 15.6. The average molecular weight is 345 g/mol. The van der Waals surface area contributed by atoms with Gasteiger partial charge >= 0.3 is 0 Å². The van der Waals surface area contributed by atoms with Crippen LogP contribution in [0.2, 0.25) is 0 Å². The van der Waals surface area contributed by atoms with Crippen LogP contribution < -0.4 is 10.1 Å². The van der Waals surface area contributed by atoms with Gasteiger partial charge in [-0.2, -0.15) is 0 Å². The highest BCUT2D eigenvalue weighted by atomic mass is 16.5. The average Bonchev–Trinajstić information content (AvgIpc) is 2.91. The van der Waals surface area contributed by atoms with Crippen molar-refractivity contribution in [1.82, 2.24) is 15.4 Å². The topological polar surface area (TPSA) is 67.6 Å². The molecule has 1 heterocycles. The molecule has 0 unspecified atom stereocenters. The molecular formula is C19H27N3O3. The SMILES string of the molecule is COc1ccc([C@@H](CNC(=O)CCc2c(C)noc2C)N(C)C)cc1. The first kappa shape index (κ1) is 19.0. The number of likely N-dealkylation sites (N-methyl/N-ethyl adjacent to an activating group) is 1. The van der Waals surface area contributed by atoms with Crippen LogP contribution in [0, 0.1) is 13.8 Å². The summed E-state index contributed by atoms with van der Waals surface area (Å²) in [5.74, 6) is 1.64. The van der Waals surface area contributed by atoms with Crippen molar-refractivity contribution in [2.75, 3.05) is 27.7 Å². The van der Waals surface area contributed by atoms with E-state index >= 15 is 0 Å². The minimum atomic E-state index is 0.0281. The third-order valence-electron chi connectivity index (χ3n) is 4.40. The Morgan fingerprint density at radius 1 is 1.28 bits per heavy atom. The molecule has 1 aromatic carbocycles. The Kier molecular flexibility index (Phi) is 6.58. The minimum absolute atomic E-state index is 0.0281. The van der Waals surface area contributed by atoms with Crippen molar-refractivity contribution in [2.24, 2.45) is 0 Å². The van der Waals surface area contributed by atoms with Crippen molar-refractivity contribution < 1.29 is 14.1 Å². The van der Waals surface area contributed by atoms with Crippen molar-refractivity contribution in [1.29, 1.82) is 0 Å². The highest BCUT2D eigenvalue weighted by Gasteiger charge is 2.16. The molecule has 1 N–H and O–H groups in total. The molecule has 1 amide bonds. The number of carbonyl (C=O) groups excluding carboxylic acids is 1. The van der Waals surface area contributed by atoms with Crippen LogP contribution in [0.4, 0.5) is 0 Å². The highest BCUT2D eigenvalue weighted by molar-refractivity contribution is 5.76. The minimum Gasteiger partial charge on any atom is -0.497 e. The molecule has 0 saturated heterocycles. The molecular weight excluding hydrogens is 318 g/mol. The quantitative estimate of drug-likeness (QED) is 0.797. The van der Waals surface area contributed by atoms with Crippen molar-refractivity contribution in [3.05, 3.63) is 46.8 Å². The van der Waals surface area contributed by atoms with Crippen molar-refractivity contribution in [2.45, 2.75) is 32.7 Å². The molecule has 0 fully saturated rings. The van der Waals surface area contributed by atoms with E-state index in [1.54, 1.807) is 7.11 Å². The lowest BCUT2D eigenvalue weighted by atomic mass is 10.1. The van der Waals surface area contributed by atoms with Crippen LogP contribution in [0.1, 0.15) is 35.0 Å². The van der Waals surface area contributed by atoms with Gasteiger partial charge in [-0.05, 0) is 52.1 Å². The second-order valence-electron chi connectivity index (χ2n) is 6.36. The number of benzene rings is 1. The van der Waals surface area contributed by atoms with Crippen molar-refractivity contribution in [3.8, 4) is 5.75 Å². The first-order valence-corrected chi connectivity index (χ1v) is 8.41. The largest absolute Gasteiger partial charge is 0.497 e. The number of hydrogen-bond donors (Lipinski definition) is 1. The van der Waals surface area contributed by atoms with Gasteiger partial charge in [0.1, 0.15) is 11.5 Å². The van der Waals surface area contributed by atoms with Gasteiger partial charge in [-0.15, -0.1) is 0 Å². The van der Waals surface area contributed by atoms with E-state index < -0.39 is 0 Å². The van der Waals surface area contributed by atoms with Gasteiger partial charge in [-0.25, -0.2) is 0 Å². The second kappa shape index (κ2) is 8.67. The molecule has 2 aromatic rings. The Morgan fingerprint density at radius 2 is 1.96 bits per heavy atom. The molecule has 0 aliphatic rings. The number of rotatable bonds is 8. The summed E-state index contributed by atoms with van der Waals surface area (Å²) in [5, 5.41) is 6.95. The molecule has 1 atom stereocenters. The molecule has 25 heavy (non-hydrogen) atoms. The van der Waals surface area contributed by atoms with E-state index in [1.165, 1.54) is 0 Å². The summed E-state index contributed by atoms with van der Waals surface area (Å²) in [6, 6.07) is 8.03. The van der Waals surface area contributed by atoms with Crippen LogP contribution in [-0.4, -0.2) is 43.7 Å². The van der Waals surface area contributed by atoms with Crippen molar-refractivity contribution >= 4 is 5.91 Å². The normalized spacial score (nSPS) is 12.2. The number of methoxy groups -OCH3 is 1. The van der Waals surface area contributed by atoms with E-state index in [4.69, 9.17) is 9.26 Å². The smallest absolute Gasteiger partial charge is 0.220 e. The van der Waals surface area contributed by atoms with Crippen molar-refractivity contribution in [3.63, 3.8) is 0 Å².